The minimum Gasteiger partial charge on any atom is -0.358 e. The summed E-state index contributed by atoms with van der Waals surface area (Å²) >= 11 is 0. The van der Waals surface area contributed by atoms with Crippen molar-refractivity contribution in [2.45, 2.75) is 32.6 Å². The van der Waals surface area contributed by atoms with Gasteiger partial charge in [-0.1, -0.05) is 29.8 Å². The molecule has 1 aromatic rings. The van der Waals surface area contributed by atoms with Crippen molar-refractivity contribution >= 4 is 17.7 Å². The van der Waals surface area contributed by atoms with Gasteiger partial charge in [0.1, 0.15) is 0 Å². The molecule has 0 fully saturated rings. The number of nitrogens with one attached hydrogen (secondary N) is 3. The van der Waals surface area contributed by atoms with Gasteiger partial charge in [-0.25, -0.2) is 5.48 Å². The molecule has 0 spiro atoms. The maximum atomic E-state index is 12.1. The van der Waals surface area contributed by atoms with Crippen LogP contribution in [0.4, 0.5) is 0 Å². The Kier molecular flexibility index (Phi) is 8.49. The lowest BCUT2D eigenvalue weighted by Gasteiger charge is -2.15. The summed E-state index contributed by atoms with van der Waals surface area (Å²) in [4.78, 5) is 34.7. The molecule has 0 aliphatic carbocycles. The third kappa shape index (κ3) is 7.23. The standard InChI is InChI=1S/C17H25N3O4/c1-12-6-8-13(9-7-12)4-3-5-14(10-15(21)20-24)17(23)19-11-16(22)18-2/h6-9,14,24H,3-5,10-11H2,1-2H3,(H,18,22)(H,19,23)(H,20,21)/t14-/m1/s1. The van der Waals surface area contributed by atoms with E-state index in [1.807, 2.05) is 31.2 Å². The van der Waals surface area contributed by atoms with Crippen LogP contribution in [0.2, 0.25) is 0 Å². The van der Waals surface area contributed by atoms with Crippen molar-refractivity contribution in [3.8, 4) is 0 Å². The van der Waals surface area contributed by atoms with Gasteiger partial charge < -0.3 is 10.6 Å². The molecule has 1 rings (SSSR count). The number of likely N-dealkylation sites (N-methyl/N-ethyl adjacent to an activating group) is 1. The van der Waals surface area contributed by atoms with Crippen LogP contribution >= 0.6 is 0 Å². The highest BCUT2D eigenvalue weighted by Gasteiger charge is 2.21. The first-order chi connectivity index (χ1) is 11.5. The molecule has 0 aromatic heterocycles. The minimum atomic E-state index is -0.620. The Hall–Kier alpha value is -2.41. The third-order valence-electron chi connectivity index (χ3n) is 3.77. The van der Waals surface area contributed by atoms with Gasteiger partial charge >= 0.3 is 0 Å². The molecular weight excluding hydrogens is 310 g/mol. The summed E-state index contributed by atoms with van der Waals surface area (Å²) in [5.41, 5.74) is 3.89. The molecule has 0 bridgehead atoms. The fourth-order valence-electron chi connectivity index (χ4n) is 2.30. The molecule has 0 saturated carbocycles. The summed E-state index contributed by atoms with van der Waals surface area (Å²) in [5, 5.41) is 13.6. The highest BCUT2D eigenvalue weighted by molar-refractivity contribution is 5.88. The predicted octanol–water partition coefficient (Wildman–Crippen LogP) is 0.692. The molecule has 0 heterocycles. The Morgan fingerprint density at radius 3 is 2.38 bits per heavy atom. The van der Waals surface area contributed by atoms with E-state index in [1.54, 1.807) is 5.48 Å². The van der Waals surface area contributed by atoms with Crippen molar-refractivity contribution in [2.24, 2.45) is 5.92 Å². The summed E-state index contributed by atoms with van der Waals surface area (Å²) in [7, 11) is 1.48. The van der Waals surface area contributed by atoms with E-state index in [1.165, 1.54) is 12.6 Å². The molecule has 4 N–H and O–H groups in total. The van der Waals surface area contributed by atoms with Crippen LogP contribution in [0.1, 0.15) is 30.4 Å². The van der Waals surface area contributed by atoms with E-state index >= 15 is 0 Å². The predicted molar refractivity (Wildman–Crippen MR) is 89.2 cm³/mol. The molecular formula is C17H25N3O4. The Labute approximate surface area is 141 Å². The second-order valence-corrected chi connectivity index (χ2v) is 5.70. The average molecular weight is 335 g/mol. The lowest BCUT2D eigenvalue weighted by atomic mass is 9.95. The minimum absolute atomic E-state index is 0.121. The zero-order chi connectivity index (χ0) is 17.9. The van der Waals surface area contributed by atoms with E-state index in [9.17, 15) is 14.4 Å². The lowest BCUT2D eigenvalue weighted by Crippen LogP contribution is -2.39. The summed E-state index contributed by atoms with van der Waals surface area (Å²) in [6.07, 6.45) is 1.88. The number of hydroxylamine groups is 1. The highest BCUT2D eigenvalue weighted by atomic mass is 16.5. The molecule has 0 saturated heterocycles. The van der Waals surface area contributed by atoms with Gasteiger partial charge in [0.15, 0.2) is 0 Å². The summed E-state index contributed by atoms with van der Waals surface area (Å²) < 4.78 is 0. The summed E-state index contributed by atoms with van der Waals surface area (Å²) in [6, 6.07) is 8.14. The van der Waals surface area contributed by atoms with Crippen LogP contribution in [0, 0.1) is 12.8 Å². The Balaban J connectivity index is 2.54. The van der Waals surface area contributed by atoms with Gasteiger partial charge in [0, 0.05) is 19.4 Å². The van der Waals surface area contributed by atoms with E-state index in [4.69, 9.17) is 5.21 Å². The van der Waals surface area contributed by atoms with Crippen molar-refractivity contribution < 1.29 is 19.6 Å². The maximum Gasteiger partial charge on any atom is 0.244 e. The van der Waals surface area contributed by atoms with Gasteiger partial charge in [0.05, 0.1) is 6.54 Å². The Bertz CT molecular complexity index is 557. The molecule has 1 aromatic carbocycles. The molecule has 7 heteroatoms. The maximum absolute atomic E-state index is 12.1. The third-order valence-corrected chi connectivity index (χ3v) is 3.77. The number of amides is 3. The molecule has 0 aliphatic heterocycles. The van der Waals surface area contributed by atoms with Gasteiger partial charge in [0.2, 0.25) is 17.7 Å². The van der Waals surface area contributed by atoms with Gasteiger partial charge in [-0.2, -0.15) is 0 Å². The fraction of sp³-hybridized carbons (Fsp3) is 0.471. The van der Waals surface area contributed by atoms with Crippen LogP contribution < -0.4 is 16.1 Å². The quantitative estimate of drug-likeness (QED) is 0.393. The normalized spacial score (nSPS) is 11.5. The zero-order valence-corrected chi connectivity index (χ0v) is 14.1. The van der Waals surface area contributed by atoms with Crippen LogP contribution in [0.25, 0.3) is 0 Å². The number of aryl methyl sites for hydroxylation is 2. The molecule has 1 atom stereocenters. The fourth-order valence-corrected chi connectivity index (χ4v) is 2.30. The van der Waals surface area contributed by atoms with E-state index < -0.39 is 11.8 Å². The Morgan fingerprint density at radius 1 is 1.12 bits per heavy atom. The first kappa shape index (κ1) is 19.6. The highest BCUT2D eigenvalue weighted by Crippen LogP contribution is 2.15. The molecule has 0 unspecified atom stereocenters. The van der Waals surface area contributed by atoms with E-state index in [0.29, 0.717) is 6.42 Å². The number of carbonyl (C=O) groups excluding carboxylic acids is 3. The zero-order valence-electron chi connectivity index (χ0n) is 14.1. The first-order valence-electron chi connectivity index (χ1n) is 7.93. The summed E-state index contributed by atoms with van der Waals surface area (Å²) in [6.45, 7) is 1.88. The number of rotatable bonds is 9. The van der Waals surface area contributed by atoms with Crippen LogP contribution in [-0.4, -0.2) is 36.5 Å². The topological polar surface area (TPSA) is 108 Å². The van der Waals surface area contributed by atoms with Crippen molar-refractivity contribution in [2.75, 3.05) is 13.6 Å². The van der Waals surface area contributed by atoms with Crippen molar-refractivity contribution in [1.29, 1.82) is 0 Å². The van der Waals surface area contributed by atoms with Crippen LogP contribution in [0.15, 0.2) is 24.3 Å². The van der Waals surface area contributed by atoms with Crippen molar-refractivity contribution in [3.63, 3.8) is 0 Å². The van der Waals surface area contributed by atoms with Crippen LogP contribution in [-0.2, 0) is 20.8 Å². The van der Waals surface area contributed by atoms with Crippen LogP contribution in [0.3, 0.4) is 0 Å². The van der Waals surface area contributed by atoms with E-state index in [2.05, 4.69) is 10.6 Å². The summed E-state index contributed by atoms with van der Waals surface area (Å²) in [5.74, 6) is -1.89. The monoisotopic (exact) mass is 335 g/mol. The molecule has 0 radical (unpaired) electrons. The molecule has 3 amide bonds. The van der Waals surface area contributed by atoms with Gasteiger partial charge in [0.25, 0.3) is 0 Å². The van der Waals surface area contributed by atoms with Gasteiger partial charge in [-0.3, -0.25) is 19.6 Å². The molecule has 7 nitrogen and oxygen atoms in total. The SMILES string of the molecule is CNC(=O)CNC(=O)[C@H](CCCc1ccc(C)cc1)CC(=O)NO. The lowest BCUT2D eigenvalue weighted by molar-refractivity contribution is -0.135. The number of carbonyl (C=O) groups is 3. The average Bonchev–Trinajstić information content (AvgIpc) is 2.59. The van der Waals surface area contributed by atoms with Crippen molar-refractivity contribution in [1.82, 2.24) is 16.1 Å². The van der Waals surface area contributed by atoms with E-state index in [0.717, 1.165) is 18.4 Å². The van der Waals surface area contributed by atoms with Gasteiger partial charge in [-0.15, -0.1) is 0 Å². The van der Waals surface area contributed by atoms with E-state index in [-0.39, 0.29) is 24.8 Å². The smallest absolute Gasteiger partial charge is 0.244 e. The second-order valence-electron chi connectivity index (χ2n) is 5.70. The van der Waals surface area contributed by atoms with Crippen LogP contribution in [0.5, 0.6) is 0 Å². The molecule has 132 valence electrons. The number of benzene rings is 1. The Morgan fingerprint density at radius 2 is 1.79 bits per heavy atom. The second kappa shape index (κ2) is 10.4. The largest absolute Gasteiger partial charge is 0.358 e. The number of hydrogen-bond donors (Lipinski definition) is 4. The van der Waals surface area contributed by atoms with Gasteiger partial charge in [-0.05, 0) is 31.7 Å². The number of hydrogen-bond acceptors (Lipinski definition) is 4. The first-order valence-corrected chi connectivity index (χ1v) is 7.93. The molecule has 24 heavy (non-hydrogen) atoms. The van der Waals surface area contributed by atoms with Crippen molar-refractivity contribution in [3.05, 3.63) is 35.4 Å². The molecule has 0 aliphatic rings.